The molecule has 1 aromatic heterocycles. The van der Waals surface area contributed by atoms with Gasteiger partial charge in [-0.15, -0.1) is 11.8 Å². The van der Waals surface area contributed by atoms with E-state index in [0.717, 1.165) is 12.4 Å². The highest BCUT2D eigenvalue weighted by atomic mass is 35.5. The van der Waals surface area contributed by atoms with E-state index in [-0.39, 0.29) is 12.4 Å². The lowest BCUT2D eigenvalue weighted by atomic mass is 10.1. The Balaban J connectivity index is 0.00000441. The van der Waals surface area contributed by atoms with Crippen molar-refractivity contribution in [3.8, 4) is 0 Å². The Morgan fingerprint density at radius 2 is 1.45 bits per heavy atom. The molecule has 1 rings (SSSR count). The van der Waals surface area contributed by atoms with Crippen LogP contribution in [0.4, 0.5) is 0 Å². The third kappa shape index (κ3) is 11.4. The van der Waals surface area contributed by atoms with Crippen LogP contribution in [0.3, 0.4) is 0 Å². The lowest BCUT2D eigenvalue weighted by Gasteiger charge is -2.02. The van der Waals surface area contributed by atoms with Crippen LogP contribution in [-0.4, -0.2) is 10.3 Å². The van der Waals surface area contributed by atoms with Gasteiger partial charge in [-0.2, -0.15) is 0 Å². The molecule has 0 aliphatic rings. The minimum atomic E-state index is 0. The van der Waals surface area contributed by atoms with Gasteiger partial charge in [-0.1, -0.05) is 64.7 Å². The highest BCUT2D eigenvalue weighted by Gasteiger charge is 2.01. The number of hydrogen-bond donors (Lipinski definition) is 0. The Hall–Kier alpha value is -0.150. The lowest BCUT2D eigenvalue weighted by Crippen LogP contribution is -3.00. The quantitative estimate of drug-likeness (QED) is 0.371. The first kappa shape index (κ1) is 21.9. The van der Waals surface area contributed by atoms with Crippen LogP contribution in [0, 0.1) is 0 Å². The molecule has 130 valence electrons. The van der Waals surface area contributed by atoms with Gasteiger partial charge >= 0.3 is 0 Å². The van der Waals surface area contributed by atoms with Crippen molar-refractivity contribution in [3.05, 3.63) is 18.7 Å². The fourth-order valence-electron chi connectivity index (χ4n) is 2.56. The van der Waals surface area contributed by atoms with Gasteiger partial charge in [-0.3, -0.25) is 0 Å². The number of thioether (sulfide) groups is 1. The average Bonchev–Trinajstić information content (AvgIpc) is 2.96. The van der Waals surface area contributed by atoms with E-state index in [1.165, 1.54) is 70.0 Å². The molecule has 1 aromatic rings. The van der Waals surface area contributed by atoms with Gasteiger partial charge in [0.25, 0.3) is 0 Å². The van der Waals surface area contributed by atoms with E-state index < -0.39 is 0 Å². The molecular weight excluding hydrogens is 312 g/mol. The second-order valence-corrected chi connectivity index (χ2v) is 7.05. The molecule has 0 aliphatic heterocycles. The molecule has 0 fully saturated rings. The van der Waals surface area contributed by atoms with Gasteiger partial charge in [-0.25, -0.2) is 9.13 Å². The summed E-state index contributed by atoms with van der Waals surface area (Å²) in [5.74, 6) is 2.41. The third-order valence-electron chi connectivity index (χ3n) is 3.99. The van der Waals surface area contributed by atoms with Crippen LogP contribution in [0.15, 0.2) is 18.7 Å². The van der Waals surface area contributed by atoms with Gasteiger partial charge in [0.1, 0.15) is 18.3 Å². The van der Waals surface area contributed by atoms with E-state index in [1.54, 1.807) is 0 Å². The van der Waals surface area contributed by atoms with Crippen LogP contribution in [0.25, 0.3) is 0 Å². The predicted molar refractivity (Wildman–Crippen MR) is 94.6 cm³/mol. The van der Waals surface area contributed by atoms with Gasteiger partial charge in [-0.05, 0) is 19.1 Å². The Labute approximate surface area is 148 Å². The Morgan fingerprint density at radius 3 is 2.00 bits per heavy atom. The van der Waals surface area contributed by atoms with E-state index in [0.29, 0.717) is 0 Å². The predicted octanol–water partition coefficient (Wildman–Crippen LogP) is 2.41. The summed E-state index contributed by atoms with van der Waals surface area (Å²) in [6.07, 6.45) is 20.8. The molecule has 4 heteroatoms. The first-order valence-corrected chi connectivity index (χ1v) is 10.1. The molecule has 0 N–H and O–H groups in total. The van der Waals surface area contributed by atoms with E-state index in [2.05, 4.69) is 53.5 Å². The van der Waals surface area contributed by atoms with Crippen LogP contribution < -0.4 is 17.0 Å². The highest BCUT2D eigenvalue weighted by Crippen LogP contribution is 2.12. The summed E-state index contributed by atoms with van der Waals surface area (Å²) in [6, 6.07) is 0. The maximum absolute atomic E-state index is 2.29. The average molecular weight is 347 g/mol. The molecule has 2 nitrogen and oxygen atoms in total. The summed E-state index contributed by atoms with van der Waals surface area (Å²) in [5.41, 5.74) is 0. The zero-order valence-corrected chi connectivity index (χ0v) is 16.2. The summed E-state index contributed by atoms with van der Waals surface area (Å²) in [6.45, 7) is 5.53. The van der Waals surface area contributed by atoms with Crippen molar-refractivity contribution in [2.75, 3.05) is 5.75 Å². The smallest absolute Gasteiger partial charge is 0.244 e. The van der Waals surface area contributed by atoms with Crippen LogP contribution in [0.5, 0.6) is 0 Å². The van der Waals surface area contributed by atoms with Crippen LogP contribution in [0.2, 0.25) is 0 Å². The zero-order valence-electron chi connectivity index (χ0n) is 14.6. The van der Waals surface area contributed by atoms with Gasteiger partial charge < -0.3 is 12.4 Å². The summed E-state index contributed by atoms with van der Waals surface area (Å²) >= 11 is 2.06. The highest BCUT2D eigenvalue weighted by molar-refractivity contribution is 7.98. The van der Waals surface area contributed by atoms with Crippen molar-refractivity contribution < 1.29 is 17.0 Å². The topological polar surface area (TPSA) is 8.81 Å². The summed E-state index contributed by atoms with van der Waals surface area (Å²) in [4.78, 5) is 0. The molecular formula is C18H35ClN2S. The van der Waals surface area contributed by atoms with Crippen molar-refractivity contribution in [2.24, 2.45) is 0 Å². The van der Waals surface area contributed by atoms with E-state index in [9.17, 15) is 0 Å². The maximum atomic E-state index is 2.29. The molecule has 0 aliphatic carbocycles. The number of hydrogen-bond acceptors (Lipinski definition) is 1. The second-order valence-electron chi connectivity index (χ2n) is 5.98. The Bertz CT molecular complexity index is 342. The Morgan fingerprint density at radius 1 is 0.864 bits per heavy atom. The molecule has 0 saturated carbocycles. The molecule has 0 spiro atoms. The maximum Gasteiger partial charge on any atom is 0.244 e. The van der Waals surface area contributed by atoms with Gasteiger partial charge in [0.2, 0.25) is 6.33 Å². The molecule has 1 heterocycles. The largest absolute Gasteiger partial charge is 1.00 e. The number of aromatic nitrogens is 2. The van der Waals surface area contributed by atoms with E-state index in [1.807, 2.05) is 0 Å². The minimum absolute atomic E-state index is 0. The SMILES string of the molecule is CCCCCCCCCCCCSC[n+]1ccn(CC)c1.[Cl-]. The molecule has 0 saturated heterocycles. The second kappa shape index (κ2) is 15.7. The van der Waals surface area contributed by atoms with Crippen molar-refractivity contribution in [1.82, 2.24) is 4.57 Å². The zero-order chi connectivity index (χ0) is 15.2. The summed E-state index contributed by atoms with van der Waals surface area (Å²) in [5, 5.41) is 0. The number of nitrogens with zero attached hydrogens (tertiary/aromatic N) is 2. The number of halogens is 1. The molecule has 0 atom stereocenters. The number of rotatable bonds is 14. The lowest BCUT2D eigenvalue weighted by molar-refractivity contribution is -0.675. The fraction of sp³-hybridized carbons (Fsp3) is 0.833. The number of imidazole rings is 1. The molecule has 0 bridgehead atoms. The molecule has 0 radical (unpaired) electrons. The van der Waals surface area contributed by atoms with Gasteiger partial charge in [0.05, 0.1) is 6.54 Å². The van der Waals surface area contributed by atoms with E-state index in [4.69, 9.17) is 0 Å². The monoisotopic (exact) mass is 346 g/mol. The van der Waals surface area contributed by atoms with Crippen LogP contribution in [0.1, 0.15) is 78.1 Å². The number of unbranched alkanes of at least 4 members (excludes halogenated alkanes) is 9. The summed E-state index contributed by atoms with van der Waals surface area (Å²) in [7, 11) is 0. The Kier molecular flexibility index (Phi) is 15.6. The fourth-order valence-corrected chi connectivity index (χ4v) is 3.46. The summed E-state index contributed by atoms with van der Waals surface area (Å²) < 4.78 is 4.51. The third-order valence-corrected chi connectivity index (χ3v) is 5.05. The van der Waals surface area contributed by atoms with Crippen molar-refractivity contribution >= 4 is 11.8 Å². The molecule has 22 heavy (non-hydrogen) atoms. The van der Waals surface area contributed by atoms with Crippen molar-refractivity contribution in [3.63, 3.8) is 0 Å². The normalized spacial score (nSPS) is 10.6. The standard InChI is InChI=1S/C18H35N2S.ClH/c1-3-5-6-7-8-9-10-11-12-13-16-21-18-20-15-14-19(4-2)17-20;/h14-15,17H,3-13,16,18H2,1-2H3;1H/q+1;/p-1. The van der Waals surface area contributed by atoms with Crippen LogP contribution in [-0.2, 0) is 12.4 Å². The van der Waals surface area contributed by atoms with Gasteiger partial charge in [0, 0.05) is 0 Å². The first-order valence-electron chi connectivity index (χ1n) is 8.99. The first-order chi connectivity index (χ1) is 10.4. The van der Waals surface area contributed by atoms with Crippen molar-refractivity contribution in [1.29, 1.82) is 0 Å². The van der Waals surface area contributed by atoms with Crippen LogP contribution >= 0.6 is 11.8 Å². The minimum Gasteiger partial charge on any atom is -1.00 e. The molecule has 0 amide bonds. The molecule has 0 aromatic carbocycles. The van der Waals surface area contributed by atoms with E-state index >= 15 is 0 Å². The number of aryl methyl sites for hydroxylation is 1. The van der Waals surface area contributed by atoms with Gasteiger partial charge in [0.15, 0.2) is 0 Å². The van der Waals surface area contributed by atoms with Crippen molar-refractivity contribution in [2.45, 2.75) is 90.5 Å². The molecule has 0 unspecified atom stereocenters.